The predicted octanol–water partition coefficient (Wildman–Crippen LogP) is 3.42. The monoisotopic (exact) mass is 326 g/mol. The van der Waals surface area contributed by atoms with Crippen molar-refractivity contribution in [2.45, 2.75) is 13.5 Å². The Hall–Kier alpha value is -2.59. The molecule has 0 atom stereocenters. The van der Waals surface area contributed by atoms with Crippen LogP contribution in [-0.4, -0.2) is 10.9 Å². The van der Waals surface area contributed by atoms with Gasteiger partial charge in [-0.25, -0.2) is 0 Å². The third kappa shape index (κ3) is 3.43. The van der Waals surface area contributed by atoms with E-state index in [0.717, 1.165) is 16.5 Å². The van der Waals surface area contributed by atoms with Gasteiger partial charge in [0.2, 0.25) is 0 Å². The largest absolute Gasteiger partial charge is 0.348 e. The van der Waals surface area contributed by atoms with E-state index in [-0.39, 0.29) is 18.0 Å². The quantitative estimate of drug-likeness (QED) is 0.774. The van der Waals surface area contributed by atoms with Crippen LogP contribution in [0.1, 0.15) is 21.5 Å². The lowest BCUT2D eigenvalue weighted by atomic mass is 10.1. The topological polar surface area (TPSA) is 62.0 Å². The maximum absolute atomic E-state index is 12.1. The third-order valence-electron chi connectivity index (χ3n) is 3.60. The number of nitrogens with one attached hydrogen (secondary N) is 2. The van der Waals surface area contributed by atoms with Crippen molar-refractivity contribution in [1.82, 2.24) is 10.3 Å². The number of rotatable bonds is 3. The molecular formula is C18H15ClN2O2. The van der Waals surface area contributed by atoms with E-state index in [1.165, 1.54) is 0 Å². The number of carbonyl (C=O) groups is 1. The first kappa shape index (κ1) is 15.3. The molecule has 0 aliphatic heterocycles. The molecule has 1 aromatic heterocycles. The minimum atomic E-state index is -0.268. The highest BCUT2D eigenvalue weighted by atomic mass is 35.5. The summed E-state index contributed by atoms with van der Waals surface area (Å²) < 4.78 is 0. The summed E-state index contributed by atoms with van der Waals surface area (Å²) in [6, 6.07) is 14.3. The number of amides is 1. The molecule has 0 aliphatic rings. The van der Waals surface area contributed by atoms with Gasteiger partial charge in [-0.15, -0.1) is 0 Å². The second-order valence-corrected chi connectivity index (χ2v) is 5.84. The minimum Gasteiger partial charge on any atom is -0.348 e. The average molecular weight is 327 g/mol. The maximum atomic E-state index is 12.1. The molecule has 1 amide bonds. The number of aromatic amines is 1. The van der Waals surface area contributed by atoms with E-state index in [2.05, 4.69) is 10.3 Å². The van der Waals surface area contributed by atoms with Gasteiger partial charge in [0.15, 0.2) is 0 Å². The van der Waals surface area contributed by atoms with Gasteiger partial charge in [0.05, 0.1) is 0 Å². The zero-order valence-corrected chi connectivity index (χ0v) is 13.3. The molecular weight excluding hydrogens is 312 g/mol. The van der Waals surface area contributed by atoms with Crippen LogP contribution in [0, 0.1) is 6.92 Å². The molecule has 3 rings (SSSR count). The first-order valence-electron chi connectivity index (χ1n) is 7.19. The molecule has 0 fully saturated rings. The van der Waals surface area contributed by atoms with Gasteiger partial charge in [-0.1, -0.05) is 29.8 Å². The minimum absolute atomic E-state index is 0.157. The summed E-state index contributed by atoms with van der Waals surface area (Å²) in [6.45, 7) is 2.13. The molecule has 0 radical (unpaired) electrons. The third-order valence-corrected chi connectivity index (χ3v) is 3.84. The molecule has 5 heteroatoms. The van der Waals surface area contributed by atoms with Crippen molar-refractivity contribution >= 4 is 28.4 Å². The Bertz CT molecular complexity index is 947. The molecule has 0 aliphatic carbocycles. The Morgan fingerprint density at radius 2 is 2.00 bits per heavy atom. The summed E-state index contributed by atoms with van der Waals surface area (Å²) in [6.07, 6.45) is 0. The maximum Gasteiger partial charge on any atom is 0.253 e. The predicted molar refractivity (Wildman–Crippen MR) is 91.9 cm³/mol. The molecule has 4 nitrogen and oxygen atoms in total. The summed E-state index contributed by atoms with van der Waals surface area (Å²) in [4.78, 5) is 27.1. The molecule has 23 heavy (non-hydrogen) atoms. The van der Waals surface area contributed by atoms with Crippen molar-refractivity contribution in [3.05, 3.63) is 80.6 Å². The van der Waals surface area contributed by atoms with Crippen LogP contribution in [-0.2, 0) is 6.54 Å². The number of pyridine rings is 1. The van der Waals surface area contributed by atoms with Gasteiger partial charge in [0, 0.05) is 28.2 Å². The average Bonchev–Trinajstić information content (AvgIpc) is 2.52. The SMILES string of the molecule is Cc1ccc2cc(CNC(=O)c3cccc(Cl)c3)c(=O)[nH]c2c1. The molecule has 0 bridgehead atoms. The number of aromatic nitrogens is 1. The molecule has 0 spiro atoms. The van der Waals surface area contributed by atoms with Crippen molar-refractivity contribution in [1.29, 1.82) is 0 Å². The molecule has 0 saturated carbocycles. The summed E-state index contributed by atoms with van der Waals surface area (Å²) in [5.74, 6) is -0.268. The molecule has 116 valence electrons. The Balaban J connectivity index is 1.81. The zero-order chi connectivity index (χ0) is 16.4. The Labute approximate surface area is 138 Å². The molecule has 0 unspecified atom stereocenters. The number of H-pyrrole nitrogens is 1. The van der Waals surface area contributed by atoms with Crippen molar-refractivity contribution in [2.75, 3.05) is 0 Å². The molecule has 1 heterocycles. The fourth-order valence-corrected chi connectivity index (χ4v) is 2.59. The van der Waals surface area contributed by atoms with Crippen LogP contribution in [0.25, 0.3) is 10.9 Å². The van der Waals surface area contributed by atoms with Crippen LogP contribution in [0.4, 0.5) is 0 Å². The van der Waals surface area contributed by atoms with Crippen molar-refractivity contribution in [3.63, 3.8) is 0 Å². The van der Waals surface area contributed by atoms with Gasteiger partial charge in [0.1, 0.15) is 0 Å². The lowest BCUT2D eigenvalue weighted by Gasteiger charge is -2.07. The normalized spacial score (nSPS) is 10.7. The van der Waals surface area contributed by atoms with E-state index in [1.54, 1.807) is 30.3 Å². The van der Waals surface area contributed by atoms with Crippen LogP contribution in [0.15, 0.2) is 53.3 Å². The first-order valence-corrected chi connectivity index (χ1v) is 7.57. The second-order valence-electron chi connectivity index (χ2n) is 5.41. The Morgan fingerprint density at radius 1 is 1.17 bits per heavy atom. The number of benzene rings is 2. The van der Waals surface area contributed by atoms with E-state index in [9.17, 15) is 9.59 Å². The van der Waals surface area contributed by atoms with Crippen LogP contribution in [0.3, 0.4) is 0 Å². The summed E-state index contributed by atoms with van der Waals surface area (Å²) in [5.41, 5.74) is 2.65. The van der Waals surface area contributed by atoms with Gasteiger partial charge < -0.3 is 10.3 Å². The molecule has 2 aromatic carbocycles. The lowest BCUT2D eigenvalue weighted by Crippen LogP contribution is -2.26. The number of aryl methyl sites for hydroxylation is 1. The summed E-state index contributed by atoms with van der Waals surface area (Å²) >= 11 is 5.87. The standard InChI is InChI=1S/C18H15ClN2O2/c1-11-5-6-12-8-14(18(23)21-16(12)7-11)10-20-17(22)13-3-2-4-15(19)9-13/h2-9H,10H2,1H3,(H,20,22)(H,21,23). The van der Waals surface area contributed by atoms with Crippen LogP contribution < -0.4 is 10.9 Å². The van der Waals surface area contributed by atoms with Gasteiger partial charge in [-0.2, -0.15) is 0 Å². The van der Waals surface area contributed by atoms with E-state index in [0.29, 0.717) is 16.1 Å². The first-order chi connectivity index (χ1) is 11.0. The van der Waals surface area contributed by atoms with Gasteiger partial charge >= 0.3 is 0 Å². The Morgan fingerprint density at radius 3 is 2.78 bits per heavy atom. The van der Waals surface area contributed by atoms with Crippen LogP contribution in [0.5, 0.6) is 0 Å². The number of halogens is 1. The molecule has 0 saturated heterocycles. The van der Waals surface area contributed by atoms with Gasteiger partial charge in [-0.3, -0.25) is 9.59 Å². The molecule has 2 N–H and O–H groups in total. The zero-order valence-electron chi connectivity index (χ0n) is 12.5. The van der Waals surface area contributed by atoms with E-state index in [1.807, 2.05) is 25.1 Å². The van der Waals surface area contributed by atoms with E-state index < -0.39 is 0 Å². The highest BCUT2D eigenvalue weighted by molar-refractivity contribution is 6.30. The number of hydrogen-bond donors (Lipinski definition) is 2. The van der Waals surface area contributed by atoms with Gasteiger partial charge in [0.25, 0.3) is 11.5 Å². The summed E-state index contributed by atoms with van der Waals surface area (Å²) in [7, 11) is 0. The number of hydrogen-bond acceptors (Lipinski definition) is 2. The number of fused-ring (bicyclic) bond motifs is 1. The van der Waals surface area contributed by atoms with Crippen LogP contribution in [0.2, 0.25) is 5.02 Å². The van der Waals surface area contributed by atoms with Crippen LogP contribution >= 0.6 is 11.6 Å². The fourth-order valence-electron chi connectivity index (χ4n) is 2.40. The smallest absolute Gasteiger partial charge is 0.253 e. The molecule has 3 aromatic rings. The van der Waals surface area contributed by atoms with Gasteiger partial charge in [-0.05, 0) is 48.2 Å². The van der Waals surface area contributed by atoms with Crippen molar-refractivity contribution in [3.8, 4) is 0 Å². The van der Waals surface area contributed by atoms with Crippen molar-refractivity contribution < 1.29 is 4.79 Å². The van der Waals surface area contributed by atoms with E-state index >= 15 is 0 Å². The fraction of sp³-hybridized carbons (Fsp3) is 0.111. The van der Waals surface area contributed by atoms with Crippen molar-refractivity contribution in [2.24, 2.45) is 0 Å². The number of carbonyl (C=O) groups excluding carboxylic acids is 1. The highest BCUT2D eigenvalue weighted by Gasteiger charge is 2.08. The Kier molecular flexibility index (Phi) is 4.17. The van der Waals surface area contributed by atoms with E-state index in [4.69, 9.17) is 11.6 Å². The lowest BCUT2D eigenvalue weighted by molar-refractivity contribution is 0.0951. The highest BCUT2D eigenvalue weighted by Crippen LogP contribution is 2.13. The second kappa shape index (κ2) is 6.26. The summed E-state index contributed by atoms with van der Waals surface area (Å²) in [5, 5.41) is 4.17.